The van der Waals surface area contributed by atoms with Crippen LogP contribution < -0.4 is 0 Å². The molecule has 0 bridgehead atoms. The Labute approximate surface area is 89.7 Å². The smallest absolute Gasteiger partial charge is 0.162 e. The van der Waals surface area contributed by atoms with E-state index in [-0.39, 0.29) is 5.78 Å². The molecule has 0 heterocycles. The molecule has 1 aromatic carbocycles. The van der Waals surface area contributed by atoms with Crippen molar-refractivity contribution in [2.75, 3.05) is 7.11 Å². The van der Waals surface area contributed by atoms with Crippen LogP contribution in [-0.4, -0.2) is 18.6 Å². The molecule has 0 aromatic heterocycles. The number of Topliss-reactive ketones (excluding diaryl/α,β-unsaturated/α-hetero) is 1. The molecule has 0 saturated carbocycles. The zero-order valence-corrected chi connectivity index (χ0v) is 9.28. The lowest BCUT2D eigenvalue weighted by Gasteiger charge is -2.01. The number of nitrogens with zero attached hydrogens (tertiary/aromatic N) is 1. The van der Waals surface area contributed by atoms with Crippen LogP contribution >= 0.6 is 0 Å². The van der Waals surface area contributed by atoms with Gasteiger partial charge in [-0.2, -0.15) is 0 Å². The second-order valence-corrected chi connectivity index (χ2v) is 3.21. The quantitative estimate of drug-likeness (QED) is 0.430. The molecular weight excluding hydrogens is 190 g/mol. The molecule has 1 rings (SSSR count). The molecule has 0 spiro atoms. The van der Waals surface area contributed by atoms with Crippen molar-refractivity contribution >= 4 is 11.5 Å². The lowest BCUT2D eigenvalue weighted by Crippen LogP contribution is -1.99. The van der Waals surface area contributed by atoms with E-state index >= 15 is 0 Å². The number of hydrogen-bond acceptors (Lipinski definition) is 3. The number of hydrogen-bond donors (Lipinski definition) is 0. The van der Waals surface area contributed by atoms with Gasteiger partial charge in [0.05, 0.1) is 5.71 Å². The van der Waals surface area contributed by atoms with Crippen LogP contribution in [-0.2, 0) is 4.84 Å². The third-order valence-corrected chi connectivity index (χ3v) is 2.17. The van der Waals surface area contributed by atoms with E-state index in [0.717, 1.165) is 16.8 Å². The van der Waals surface area contributed by atoms with Gasteiger partial charge in [-0.15, -0.1) is 0 Å². The van der Waals surface area contributed by atoms with E-state index in [1.54, 1.807) is 0 Å². The second-order valence-electron chi connectivity index (χ2n) is 3.21. The molecule has 15 heavy (non-hydrogen) atoms. The van der Waals surface area contributed by atoms with Crippen molar-refractivity contribution in [1.82, 2.24) is 0 Å². The number of ketones is 1. The van der Waals surface area contributed by atoms with Crippen LogP contribution in [0.3, 0.4) is 0 Å². The predicted molar refractivity (Wildman–Crippen MR) is 60.3 cm³/mol. The minimum atomic E-state index is 0.155. The van der Waals surface area contributed by atoms with Gasteiger partial charge in [0.15, 0.2) is 5.78 Å². The van der Waals surface area contributed by atoms with E-state index in [0.29, 0.717) is 6.42 Å². The van der Waals surface area contributed by atoms with Gasteiger partial charge in [-0.25, -0.2) is 0 Å². The SMILES string of the molecule is CCC(=O)c1ccc(/C(C)=N/OC)cc1. The maximum Gasteiger partial charge on any atom is 0.162 e. The Morgan fingerprint density at radius 1 is 1.27 bits per heavy atom. The van der Waals surface area contributed by atoms with E-state index < -0.39 is 0 Å². The molecule has 1 aromatic rings. The molecule has 0 N–H and O–H groups in total. The molecule has 0 radical (unpaired) electrons. The predicted octanol–water partition coefficient (Wildman–Crippen LogP) is 2.65. The van der Waals surface area contributed by atoms with Crippen molar-refractivity contribution in [1.29, 1.82) is 0 Å². The molecule has 80 valence electrons. The summed E-state index contributed by atoms with van der Waals surface area (Å²) in [7, 11) is 1.51. The Kier molecular flexibility index (Phi) is 4.03. The van der Waals surface area contributed by atoms with Gasteiger partial charge in [0.2, 0.25) is 0 Å². The summed E-state index contributed by atoms with van der Waals surface area (Å²) in [5.41, 5.74) is 2.50. The van der Waals surface area contributed by atoms with E-state index in [1.165, 1.54) is 7.11 Å². The molecule has 0 fully saturated rings. The first-order valence-corrected chi connectivity index (χ1v) is 4.90. The summed E-state index contributed by atoms with van der Waals surface area (Å²) in [5, 5.41) is 3.82. The minimum Gasteiger partial charge on any atom is -0.399 e. The first-order valence-electron chi connectivity index (χ1n) is 4.90. The van der Waals surface area contributed by atoms with Gasteiger partial charge in [-0.1, -0.05) is 36.3 Å². The van der Waals surface area contributed by atoms with E-state index in [1.807, 2.05) is 38.1 Å². The molecule has 3 heteroatoms. The summed E-state index contributed by atoms with van der Waals surface area (Å²) in [4.78, 5) is 16.0. The summed E-state index contributed by atoms with van der Waals surface area (Å²) in [6, 6.07) is 7.38. The molecule has 0 atom stereocenters. The van der Waals surface area contributed by atoms with Gasteiger partial charge in [-0.05, 0) is 12.5 Å². The van der Waals surface area contributed by atoms with Gasteiger partial charge < -0.3 is 4.84 Å². The Bertz CT molecular complexity index is 366. The van der Waals surface area contributed by atoms with E-state index in [4.69, 9.17) is 0 Å². The fourth-order valence-electron chi connectivity index (χ4n) is 1.29. The van der Waals surface area contributed by atoms with Gasteiger partial charge in [0, 0.05) is 12.0 Å². The molecule has 3 nitrogen and oxygen atoms in total. The summed E-state index contributed by atoms with van der Waals surface area (Å²) in [6.45, 7) is 3.72. The minimum absolute atomic E-state index is 0.155. The number of benzene rings is 1. The summed E-state index contributed by atoms with van der Waals surface area (Å²) >= 11 is 0. The first kappa shape index (κ1) is 11.4. The fraction of sp³-hybridized carbons (Fsp3) is 0.333. The normalized spacial score (nSPS) is 11.3. The Morgan fingerprint density at radius 2 is 1.80 bits per heavy atom. The van der Waals surface area contributed by atoms with Crippen LogP contribution in [0.2, 0.25) is 0 Å². The molecule has 0 aliphatic carbocycles. The Hall–Kier alpha value is -1.64. The third-order valence-electron chi connectivity index (χ3n) is 2.17. The maximum absolute atomic E-state index is 11.4. The molecule has 0 aliphatic rings. The Balaban J connectivity index is 2.90. The molecule has 0 unspecified atom stereocenters. The highest BCUT2D eigenvalue weighted by atomic mass is 16.6. The van der Waals surface area contributed by atoms with Crippen molar-refractivity contribution in [2.45, 2.75) is 20.3 Å². The van der Waals surface area contributed by atoms with Crippen molar-refractivity contribution in [3.63, 3.8) is 0 Å². The highest BCUT2D eigenvalue weighted by Gasteiger charge is 2.03. The van der Waals surface area contributed by atoms with Crippen LogP contribution in [0.4, 0.5) is 0 Å². The number of carbonyl (C=O) groups is 1. The largest absolute Gasteiger partial charge is 0.399 e. The number of carbonyl (C=O) groups excluding carboxylic acids is 1. The van der Waals surface area contributed by atoms with Gasteiger partial charge in [0.1, 0.15) is 7.11 Å². The Morgan fingerprint density at radius 3 is 2.27 bits per heavy atom. The zero-order chi connectivity index (χ0) is 11.3. The number of oxime groups is 1. The van der Waals surface area contributed by atoms with Crippen molar-refractivity contribution in [3.8, 4) is 0 Å². The summed E-state index contributed by atoms with van der Waals surface area (Å²) in [5.74, 6) is 0.155. The van der Waals surface area contributed by atoms with Gasteiger partial charge in [0.25, 0.3) is 0 Å². The average molecular weight is 205 g/mol. The zero-order valence-electron chi connectivity index (χ0n) is 9.28. The lowest BCUT2D eigenvalue weighted by atomic mass is 10.0. The highest BCUT2D eigenvalue weighted by molar-refractivity contribution is 6.00. The second kappa shape index (κ2) is 5.29. The van der Waals surface area contributed by atoms with Crippen molar-refractivity contribution in [2.24, 2.45) is 5.16 Å². The van der Waals surface area contributed by atoms with E-state index in [9.17, 15) is 4.79 Å². The highest BCUT2D eigenvalue weighted by Crippen LogP contribution is 2.08. The lowest BCUT2D eigenvalue weighted by molar-refractivity contribution is 0.0988. The van der Waals surface area contributed by atoms with Crippen LogP contribution in [0.5, 0.6) is 0 Å². The summed E-state index contributed by atoms with van der Waals surface area (Å²) in [6.07, 6.45) is 0.532. The fourth-order valence-corrected chi connectivity index (χ4v) is 1.29. The van der Waals surface area contributed by atoms with Gasteiger partial charge in [-0.3, -0.25) is 4.79 Å². The topological polar surface area (TPSA) is 38.7 Å². The molecular formula is C12H15NO2. The maximum atomic E-state index is 11.4. The van der Waals surface area contributed by atoms with Crippen LogP contribution in [0, 0.1) is 0 Å². The standard InChI is InChI=1S/C12H15NO2/c1-4-12(14)11-7-5-10(6-8-11)9(2)13-15-3/h5-8H,4H2,1-3H3/b13-9+. The van der Waals surface area contributed by atoms with Crippen LogP contribution in [0.15, 0.2) is 29.4 Å². The van der Waals surface area contributed by atoms with E-state index in [2.05, 4.69) is 9.99 Å². The van der Waals surface area contributed by atoms with Crippen LogP contribution in [0.1, 0.15) is 36.2 Å². The van der Waals surface area contributed by atoms with Crippen molar-refractivity contribution < 1.29 is 9.63 Å². The molecule has 0 amide bonds. The van der Waals surface area contributed by atoms with Crippen molar-refractivity contribution in [3.05, 3.63) is 35.4 Å². The molecule has 0 aliphatic heterocycles. The molecule has 0 saturated heterocycles. The number of rotatable bonds is 4. The first-order chi connectivity index (χ1) is 7.19. The monoisotopic (exact) mass is 205 g/mol. The third kappa shape index (κ3) is 2.91. The van der Waals surface area contributed by atoms with Gasteiger partial charge >= 0.3 is 0 Å². The summed E-state index contributed by atoms with van der Waals surface area (Å²) < 4.78 is 0. The van der Waals surface area contributed by atoms with Crippen LogP contribution in [0.25, 0.3) is 0 Å². The average Bonchev–Trinajstić information content (AvgIpc) is 2.28.